The third-order valence-corrected chi connectivity index (χ3v) is 3.10. The average molecular weight is 376 g/mol. The van der Waals surface area contributed by atoms with E-state index in [1.807, 2.05) is 0 Å². The average Bonchev–Trinajstić information content (AvgIpc) is 2.62. The van der Waals surface area contributed by atoms with E-state index in [1.165, 1.54) is 4.90 Å². The molecule has 0 aromatic rings. The molecule has 2 amide bonds. The van der Waals surface area contributed by atoms with Crippen molar-refractivity contribution < 1.29 is 28.6 Å². The molecule has 0 spiro atoms. The van der Waals surface area contributed by atoms with Crippen LogP contribution in [0.25, 0.3) is 0 Å². The molecular weight excluding hydrogens is 348 g/mol. The van der Waals surface area contributed by atoms with Gasteiger partial charge >= 0.3 is 0 Å². The van der Waals surface area contributed by atoms with E-state index in [1.54, 1.807) is 7.05 Å². The number of likely N-dealkylation sites (N-methyl/N-ethyl adjacent to an activating group) is 1. The van der Waals surface area contributed by atoms with Gasteiger partial charge in [0, 0.05) is 38.4 Å². The van der Waals surface area contributed by atoms with Gasteiger partial charge in [-0.15, -0.1) is 0 Å². The van der Waals surface area contributed by atoms with E-state index in [-0.39, 0.29) is 24.8 Å². The highest BCUT2D eigenvalue weighted by Crippen LogP contribution is 1.91. The van der Waals surface area contributed by atoms with Gasteiger partial charge in [-0.2, -0.15) is 12.6 Å². The quantitative estimate of drug-likeness (QED) is 0.166. The van der Waals surface area contributed by atoms with Gasteiger partial charge in [0.15, 0.2) is 0 Å². The first kappa shape index (κ1) is 23.6. The summed E-state index contributed by atoms with van der Waals surface area (Å²) < 4.78 is 15.8. The van der Waals surface area contributed by atoms with E-state index >= 15 is 0 Å². The fourth-order valence-electron chi connectivity index (χ4n) is 1.59. The van der Waals surface area contributed by atoms with Gasteiger partial charge in [0.1, 0.15) is 6.29 Å². The SMILES string of the molecule is CN(CCC(=O)NCCOCCOCCOCCS)C(=O)/C=C\C=O. The van der Waals surface area contributed by atoms with Crippen molar-refractivity contribution in [3.8, 4) is 0 Å². The first-order valence-corrected chi connectivity index (χ1v) is 8.72. The molecule has 0 bridgehead atoms. The minimum Gasteiger partial charge on any atom is -0.378 e. The maximum atomic E-state index is 11.6. The van der Waals surface area contributed by atoms with Crippen molar-refractivity contribution in [3.05, 3.63) is 12.2 Å². The summed E-state index contributed by atoms with van der Waals surface area (Å²) in [6.07, 6.45) is 3.00. The minimum absolute atomic E-state index is 0.166. The van der Waals surface area contributed by atoms with Crippen molar-refractivity contribution >= 4 is 30.7 Å². The molecule has 0 aromatic carbocycles. The van der Waals surface area contributed by atoms with Crippen LogP contribution in [0.2, 0.25) is 0 Å². The number of carbonyl (C=O) groups is 3. The summed E-state index contributed by atoms with van der Waals surface area (Å²) in [5, 5.41) is 2.70. The molecule has 0 saturated carbocycles. The van der Waals surface area contributed by atoms with Gasteiger partial charge in [-0.25, -0.2) is 0 Å². The summed E-state index contributed by atoms with van der Waals surface area (Å²) in [5.74, 6) is 0.206. The Morgan fingerprint density at radius 3 is 2.24 bits per heavy atom. The molecule has 1 N–H and O–H groups in total. The van der Waals surface area contributed by atoms with Crippen LogP contribution in [0.5, 0.6) is 0 Å². The molecule has 9 heteroatoms. The van der Waals surface area contributed by atoms with E-state index in [2.05, 4.69) is 17.9 Å². The molecule has 25 heavy (non-hydrogen) atoms. The van der Waals surface area contributed by atoms with Gasteiger partial charge in [-0.1, -0.05) is 0 Å². The molecule has 0 aliphatic heterocycles. The second-order valence-corrected chi connectivity index (χ2v) is 5.36. The van der Waals surface area contributed by atoms with Crippen LogP contribution in [-0.2, 0) is 28.6 Å². The number of amides is 2. The second-order valence-electron chi connectivity index (χ2n) is 4.92. The highest BCUT2D eigenvalue weighted by Gasteiger charge is 2.07. The van der Waals surface area contributed by atoms with Gasteiger partial charge in [-0.3, -0.25) is 14.4 Å². The van der Waals surface area contributed by atoms with E-state index < -0.39 is 0 Å². The Balaban J connectivity index is 3.45. The minimum atomic E-state index is -0.320. The Hall–Kier alpha value is -1.42. The summed E-state index contributed by atoms with van der Waals surface area (Å²) in [7, 11) is 1.57. The molecular formula is C16H28N2O6S. The van der Waals surface area contributed by atoms with Crippen LogP contribution in [0.3, 0.4) is 0 Å². The summed E-state index contributed by atoms with van der Waals surface area (Å²) in [4.78, 5) is 34.6. The van der Waals surface area contributed by atoms with Crippen LogP contribution in [0.4, 0.5) is 0 Å². The van der Waals surface area contributed by atoms with Crippen molar-refractivity contribution in [2.24, 2.45) is 0 Å². The van der Waals surface area contributed by atoms with Crippen molar-refractivity contribution in [2.45, 2.75) is 6.42 Å². The number of aldehydes is 1. The summed E-state index contributed by atoms with van der Waals surface area (Å²) >= 11 is 4.02. The maximum absolute atomic E-state index is 11.6. The molecule has 144 valence electrons. The molecule has 0 aliphatic rings. The van der Waals surface area contributed by atoms with E-state index in [9.17, 15) is 14.4 Å². The number of ether oxygens (including phenoxy) is 3. The number of thiol groups is 1. The molecule has 0 heterocycles. The molecule has 0 unspecified atom stereocenters. The van der Waals surface area contributed by atoms with E-state index in [0.29, 0.717) is 58.2 Å². The third-order valence-electron chi connectivity index (χ3n) is 2.92. The summed E-state index contributed by atoms with van der Waals surface area (Å²) in [5.41, 5.74) is 0. The Bertz CT molecular complexity index is 406. The lowest BCUT2D eigenvalue weighted by Crippen LogP contribution is -2.33. The highest BCUT2D eigenvalue weighted by atomic mass is 32.1. The molecule has 0 rings (SSSR count). The van der Waals surface area contributed by atoms with E-state index in [0.717, 1.165) is 12.2 Å². The molecule has 0 saturated heterocycles. The van der Waals surface area contributed by atoms with Gasteiger partial charge in [0.25, 0.3) is 0 Å². The van der Waals surface area contributed by atoms with Gasteiger partial charge in [0.2, 0.25) is 11.8 Å². The van der Waals surface area contributed by atoms with Gasteiger partial charge in [0.05, 0.1) is 39.6 Å². The molecule has 0 atom stereocenters. The van der Waals surface area contributed by atoms with Crippen molar-refractivity contribution in [1.82, 2.24) is 10.2 Å². The van der Waals surface area contributed by atoms with Gasteiger partial charge < -0.3 is 24.4 Å². The first-order chi connectivity index (χ1) is 12.1. The van der Waals surface area contributed by atoms with Crippen molar-refractivity contribution in [2.75, 3.05) is 65.5 Å². The zero-order chi connectivity index (χ0) is 18.8. The number of hydrogen-bond acceptors (Lipinski definition) is 7. The second kappa shape index (κ2) is 17.4. The predicted molar refractivity (Wildman–Crippen MR) is 96.8 cm³/mol. The fourth-order valence-corrected chi connectivity index (χ4v) is 1.71. The van der Waals surface area contributed by atoms with Gasteiger partial charge in [-0.05, 0) is 6.08 Å². The Morgan fingerprint density at radius 2 is 1.64 bits per heavy atom. The fraction of sp³-hybridized carbons (Fsp3) is 0.688. The summed E-state index contributed by atoms with van der Waals surface area (Å²) in [6.45, 7) is 3.65. The lowest BCUT2D eigenvalue weighted by atomic mass is 10.3. The van der Waals surface area contributed by atoms with E-state index in [4.69, 9.17) is 14.2 Å². The van der Waals surface area contributed by atoms with Crippen LogP contribution in [0, 0.1) is 0 Å². The number of carbonyl (C=O) groups excluding carboxylic acids is 3. The van der Waals surface area contributed by atoms with Crippen molar-refractivity contribution in [1.29, 1.82) is 0 Å². The molecule has 0 aromatic heterocycles. The zero-order valence-electron chi connectivity index (χ0n) is 14.6. The Labute approximate surface area is 154 Å². The third kappa shape index (κ3) is 15.8. The zero-order valence-corrected chi connectivity index (χ0v) is 15.5. The largest absolute Gasteiger partial charge is 0.378 e. The number of nitrogens with one attached hydrogen (secondary N) is 1. The van der Waals surface area contributed by atoms with Crippen LogP contribution < -0.4 is 5.32 Å². The highest BCUT2D eigenvalue weighted by molar-refractivity contribution is 7.80. The normalized spacial score (nSPS) is 10.8. The smallest absolute Gasteiger partial charge is 0.246 e. The lowest BCUT2D eigenvalue weighted by molar-refractivity contribution is -0.126. The predicted octanol–water partition coefficient (Wildman–Crippen LogP) is -0.314. The first-order valence-electron chi connectivity index (χ1n) is 8.09. The maximum Gasteiger partial charge on any atom is 0.246 e. The number of hydrogen-bond donors (Lipinski definition) is 2. The standard InChI is InChI=1S/C16H28N2O6S/c1-18(16(21)3-2-7-19)6-4-15(20)17-5-8-22-9-10-23-11-12-24-13-14-25/h2-3,7,25H,4-6,8-14H2,1H3,(H,17,20)/b3-2-. The van der Waals surface area contributed by atoms with Crippen LogP contribution in [0.1, 0.15) is 6.42 Å². The lowest BCUT2D eigenvalue weighted by Gasteiger charge is -2.14. The number of allylic oxidation sites excluding steroid dienone is 1. The molecule has 0 aliphatic carbocycles. The molecule has 0 radical (unpaired) electrons. The molecule has 8 nitrogen and oxygen atoms in total. The number of nitrogens with zero attached hydrogens (tertiary/aromatic N) is 1. The Morgan fingerprint density at radius 1 is 1.04 bits per heavy atom. The van der Waals surface area contributed by atoms with Crippen molar-refractivity contribution in [3.63, 3.8) is 0 Å². The van der Waals surface area contributed by atoms with Crippen LogP contribution in [0.15, 0.2) is 12.2 Å². The molecule has 0 fully saturated rings. The Kier molecular flexibility index (Phi) is 16.4. The monoisotopic (exact) mass is 376 g/mol. The topological polar surface area (TPSA) is 94.2 Å². The van der Waals surface area contributed by atoms with Crippen LogP contribution in [-0.4, -0.2) is 88.5 Å². The number of rotatable bonds is 16. The van der Waals surface area contributed by atoms with Crippen LogP contribution >= 0.6 is 12.6 Å². The summed E-state index contributed by atoms with van der Waals surface area (Å²) in [6, 6.07) is 0.